The summed E-state index contributed by atoms with van der Waals surface area (Å²) in [7, 11) is -3.50. The zero-order chi connectivity index (χ0) is 16.0. The minimum Gasteiger partial charge on any atom is -0.493 e. The van der Waals surface area contributed by atoms with Crippen molar-refractivity contribution in [3.05, 3.63) is 23.8 Å². The number of hydrogen-bond donors (Lipinski definition) is 1. The van der Waals surface area contributed by atoms with Crippen LogP contribution in [0.5, 0.6) is 5.75 Å². The molecule has 2 amide bonds. The summed E-state index contributed by atoms with van der Waals surface area (Å²) in [4.78, 5) is 13.7. The van der Waals surface area contributed by atoms with Crippen LogP contribution < -0.4 is 10.1 Å². The SMILES string of the molecule is O=C1NCCN1C1CN(S(=O)(=O)c2ccc3c(c2)CCCO3)C1. The van der Waals surface area contributed by atoms with Crippen LogP contribution in [0, 0.1) is 0 Å². The van der Waals surface area contributed by atoms with Crippen molar-refractivity contribution in [3.8, 4) is 5.75 Å². The molecule has 3 aliphatic rings. The number of carbonyl (C=O) groups excluding carboxylic acids is 1. The van der Waals surface area contributed by atoms with E-state index in [0.29, 0.717) is 37.7 Å². The number of urea groups is 1. The fourth-order valence-corrected chi connectivity index (χ4v) is 4.86. The number of carbonyl (C=O) groups is 1. The van der Waals surface area contributed by atoms with Crippen molar-refractivity contribution in [1.29, 1.82) is 0 Å². The molecule has 2 fully saturated rings. The average Bonchev–Trinajstić information content (AvgIpc) is 2.91. The third-order valence-corrected chi connectivity index (χ3v) is 6.50. The fourth-order valence-electron chi connectivity index (χ4n) is 3.29. The van der Waals surface area contributed by atoms with Gasteiger partial charge in [0.2, 0.25) is 10.0 Å². The van der Waals surface area contributed by atoms with Gasteiger partial charge in [0.1, 0.15) is 5.75 Å². The zero-order valence-corrected chi connectivity index (χ0v) is 13.5. The van der Waals surface area contributed by atoms with E-state index in [1.54, 1.807) is 23.1 Å². The number of benzene rings is 1. The number of nitrogens with zero attached hydrogens (tertiary/aromatic N) is 2. The highest BCUT2D eigenvalue weighted by atomic mass is 32.2. The fraction of sp³-hybridized carbons (Fsp3) is 0.533. The molecule has 0 aromatic heterocycles. The van der Waals surface area contributed by atoms with E-state index in [-0.39, 0.29) is 12.1 Å². The lowest BCUT2D eigenvalue weighted by Crippen LogP contribution is -2.61. The molecule has 0 atom stereocenters. The van der Waals surface area contributed by atoms with Crippen molar-refractivity contribution in [2.24, 2.45) is 0 Å². The van der Waals surface area contributed by atoms with Crippen LogP contribution in [-0.2, 0) is 16.4 Å². The molecule has 0 bridgehead atoms. The summed E-state index contributed by atoms with van der Waals surface area (Å²) in [5.41, 5.74) is 0.952. The van der Waals surface area contributed by atoms with E-state index in [9.17, 15) is 13.2 Å². The number of hydrogen-bond acceptors (Lipinski definition) is 4. The maximum absolute atomic E-state index is 12.7. The lowest BCUT2D eigenvalue weighted by Gasteiger charge is -2.42. The maximum Gasteiger partial charge on any atom is 0.317 e. The molecule has 3 heterocycles. The third-order valence-electron chi connectivity index (χ3n) is 4.68. The van der Waals surface area contributed by atoms with E-state index >= 15 is 0 Å². The molecule has 0 saturated carbocycles. The Kier molecular flexibility index (Phi) is 3.46. The second-order valence-electron chi connectivity index (χ2n) is 6.12. The van der Waals surface area contributed by atoms with Crippen molar-refractivity contribution >= 4 is 16.1 Å². The number of fused-ring (bicyclic) bond motifs is 1. The number of sulfonamides is 1. The topological polar surface area (TPSA) is 79.0 Å². The molecule has 3 aliphatic heterocycles. The Labute approximate surface area is 135 Å². The van der Waals surface area contributed by atoms with Gasteiger partial charge in [0.25, 0.3) is 0 Å². The Morgan fingerprint density at radius 2 is 2.09 bits per heavy atom. The van der Waals surface area contributed by atoms with Crippen LogP contribution in [-0.4, -0.2) is 62.5 Å². The third kappa shape index (κ3) is 2.46. The van der Waals surface area contributed by atoms with Crippen molar-refractivity contribution in [1.82, 2.24) is 14.5 Å². The smallest absolute Gasteiger partial charge is 0.317 e. The summed E-state index contributed by atoms with van der Waals surface area (Å²) < 4.78 is 32.4. The van der Waals surface area contributed by atoms with Crippen LogP contribution in [0.25, 0.3) is 0 Å². The largest absolute Gasteiger partial charge is 0.493 e. The van der Waals surface area contributed by atoms with Gasteiger partial charge in [0, 0.05) is 26.2 Å². The standard InChI is InChI=1S/C15H19N3O4S/c19-15-16-5-6-18(15)12-9-17(10-12)23(20,21)13-3-4-14-11(8-13)2-1-7-22-14/h3-4,8,12H,1-2,5-7,9-10H2,(H,16,19). The average molecular weight is 337 g/mol. The van der Waals surface area contributed by atoms with Gasteiger partial charge in [-0.3, -0.25) is 0 Å². The number of aryl methyl sites for hydroxylation is 1. The highest BCUT2D eigenvalue weighted by molar-refractivity contribution is 7.89. The quantitative estimate of drug-likeness (QED) is 0.866. The Hall–Kier alpha value is -1.80. The molecule has 2 saturated heterocycles. The van der Waals surface area contributed by atoms with Crippen molar-refractivity contribution in [2.75, 3.05) is 32.8 Å². The molecular formula is C15H19N3O4S. The Bertz CT molecular complexity index is 743. The Balaban J connectivity index is 1.50. The van der Waals surface area contributed by atoms with E-state index < -0.39 is 10.0 Å². The zero-order valence-electron chi connectivity index (χ0n) is 12.7. The monoisotopic (exact) mass is 337 g/mol. The molecule has 1 aromatic carbocycles. The lowest BCUT2D eigenvalue weighted by molar-refractivity contribution is 0.124. The van der Waals surface area contributed by atoms with Crippen LogP contribution in [0.4, 0.5) is 4.79 Å². The minimum absolute atomic E-state index is 0.0202. The van der Waals surface area contributed by atoms with E-state index in [4.69, 9.17) is 4.74 Å². The van der Waals surface area contributed by atoms with Gasteiger partial charge in [-0.1, -0.05) is 0 Å². The van der Waals surface area contributed by atoms with Gasteiger partial charge in [-0.15, -0.1) is 0 Å². The number of amides is 2. The summed E-state index contributed by atoms with van der Waals surface area (Å²) in [6.07, 6.45) is 1.75. The molecule has 1 aromatic rings. The summed E-state index contributed by atoms with van der Waals surface area (Å²) in [6, 6.07) is 4.95. The maximum atomic E-state index is 12.7. The minimum atomic E-state index is -3.50. The van der Waals surface area contributed by atoms with Gasteiger partial charge in [-0.05, 0) is 36.6 Å². The predicted molar refractivity (Wildman–Crippen MR) is 82.9 cm³/mol. The molecule has 0 unspecified atom stereocenters. The molecule has 4 rings (SSSR count). The van der Waals surface area contributed by atoms with Crippen LogP contribution in [0.2, 0.25) is 0 Å². The first-order valence-corrected chi connectivity index (χ1v) is 9.30. The van der Waals surface area contributed by atoms with Gasteiger partial charge >= 0.3 is 6.03 Å². The lowest BCUT2D eigenvalue weighted by atomic mass is 10.1. The van der Waals surface area contributed by atoms with E-state index in [0.717, 1.165) is 24.2 Å². The highest BCUT2D eigenvalue weighted by Crippen LogP contribution is 2.30. The van der Waals surface area contributed by atoms with Gasteiger partial charge in [0.05, 0.1) is 17.5 Å². The van der Waals surface area contributed by atoms with Crippen LogP contribution in [0.1, 0.15) is 12.0 Å². The second kappa shape index (κ2) is 5.38. The number of rotatable bonds is 3. The van der Waals surface area contributed by atoms with Crippen LogP contribution in [0.3, 0.4) is 0 Å². The first kappa shape index (κ1) is 14.8. The van der Waals surface area contributed by atoms with Gasteiger partial charge in [-0.25, -0.2) is 13.2 Å². The first-order chi connectivity index (χ1) is 11.1. The summed E-state index contributed by atoms with van der Waals surface area (Å²) in [5.74, 6) is 0.783. The first-order valence-electron chi connectivity index (χ1n) is 7.86. The molecule has 124 valence electrons. The van der Waals surface area contributed by atoms with E-state index in [2.05, 4.69) is 5.32 Å². The van der Waals surface area contributed by atoms with E-state index in [1.165, 1.54) is 4.31 Å². The second-order valence-corrected chi connectivity index (χ2v) is 8.06. The summed E-state index contributed by atoms with van der Waals surface area (Å²) >= 11 is 0. The molecule has 7 nitrogen and oxygen atoms in total. The molecule has 23 heavy (non-hydrogen) atoms. The Morgan fingerprint density at radius 1 is 1.26 bits per heavy atom. The van der Waals surface area contributed by atoms with Crippen molar-refractivity contribution < 1.29 is 17.9 Å². The number of ether oxygens (including phenoxy) is 1. The molecular weight excluding hydrogens is 318 g/mol. The van der Waals surface area contributed by atoms with Gasteiger partial charge in [-0.2, -0.15) is 4.31 Å². The molecule has 0 aliphatic carbocycles. The Morgan fingerprint density at radius 3 is 2.83 bits per heavy atom. The van der Waals surface area contributed by atoms with Crippen molar-refractivity contribution in [3.63, 3.8) is 0 Å². The van der Waals surface area contributed by atoms with Crippen molar-refractivity contribution in [2.45, 2.75) is 23.8 Å². The van der Waals surface area contributed by atoms with Crippen LogP contribution >= 0.6 is 0 Å². The van der Waals surface area contributed by atoms with E-state index in [1.807, 2.05) is 0 Å². The van der Waals surface area contributed by atoms with Gasteiger partial charge < -0.3 is 15.0 Å². The highest BCUT2D eigenvalue weighted by Gasteiger charge is 2.42. The molecule has 1 N–H and O–H groups in total. The number of nitrogens with one attached hydrogen (secondary N) is 1. The van der Waals surface area contributed by atoms with Crippen LogP contribution in [0.15, 0.2) is 23.1 Å². The summed E-state index contributed by atoms with van der Waals surface area (Å²) in [6.45, 7) is 2.69. The summed E-state index contributed by atoms with van der Waals surface area (Å²) in [5, 5.41) is 2.74. The van der Waals surface area contributed by atoms with Gasteiger partial charge in [0.15, 0.2) is 0 Å². The molecule has 0 spiro atoms. The molecule has 8 heteroatoms. The molecule has 0 radical (unpaired) electrons. The predicted octanol–water partition coefficient (Wildman–Crippen LogP) is 0.410. The normalized spacial score (nSPS) is 22.3.